The average Bonchev–Trinajstić information content (AvgIpc) is 4.14. The van der Waals surface area contributed by atoms with Gasteiger partial charge in [-0.05, 0) is 108 Å². The number of halogens is 2. The molecule has 0 spiro atoms. The first-order valence-corrected chi connectivity index (χ1v) is 25.9. The second-order valence-electron chi connectivity index (χ2n) is 17.5. The van der Waals surface area contributed by atoms with E-state index in [0.717, 1.165) is 36.9 Å². The zero-order chi connectivity index (χ0) is 46.7. The summed E-state index contributed by atoms with van der Waals surface area (Å²) >= 11 is 12.5. The lowest BCUT2D eigenvalue weighted by atomic mass is 10.0. The van der Waals surface area contributed by atoms with Gasteiger partial charge in [0.15, 0.2) is 17.5 Å². The molecule has 2 fully saturated rings. The number of nitrogens with one attached hydrogen (secondary N) is 2. The quantitative estimate of drug-likeness (QED) is 0.0726. The Balaban J connectivity index is 0.000000171. The number of hydrogen-bond acceptors (Lipinski definition) is 14. The molecule has 19 nitrogen and oxygen atoms in total. The van der Waals surface area contributed by atoms with E-state index in [-0.39, 0.29) is 47.5 Å². The molecule has 2 saturated carbocycles. The Morgan fingerprint density at radius 1 is 0.652 bits per heavy atom. The summed E-state index contributed by atoms with van der Waals surface area (Å²) in [6.45, 7) is -0.628. The topological polar surface area (TPSA) is 290 Å². The van der Waals surface area contributed by atoms with Gasteiger partial charge in [-0.25, -0.2) is 9.03 Å². The number of aromatic nitrogens is 6. The van der Waals surface area contributed by atoms with Crippen molar-refractivity contribution >= 4 is 61.1 Å². The first-order chi connectivity index (χ1) is 31.5. The van der Waals surface area contributed by atoms with Crippen molar-refractivity contribution in [1.29, 1.82) is 0 Å². The van der Waals surface area contributed by atoms with Crippen LogP contribution in [-0.2, 0) is 26.5 Å². The largest absolute Gasteiger partial charge is 0.396 e. The highest BCUT2D eigenvalue weighted by Gasteiger charge is 2.45. The number of hydrogen-bond donors (Lipinski definition) is 10. The van der Waals surface area contributed by atoms with Crippen molar-refractivity contribution in [2.75, 3.05) is 29.8 Å². The lowest BCUT2D eigenvalue weighted by Crippen LogP contribution is -2.29. The van der Waals surface area contributed by atoms with Gasteiger partial charge >= 0.3 is 15.2 Å². The Kier molecular flexibility index (Phi) is 13.4. The van der Waals surface area contributed by atoms with Gasteiger partial charge in [-0.3, -0.25) is 9.13 Å². The molecule has 10 N–H and O–H groups in total. The smallest absolute Gasteiger partial charge is 0.340 e. The maximum absolute atomic E-state index is 12.0. The molecule has 4 aliphatic rings. The Morgan fingerprint density at radius 2 is 1.11 bits per heavy atom. The molecular formula is C43H50Cl2N8O11P2. The van der Waals surface area contributed by atoms with Gasteiger partial charge in [-0.15, -0.1) is 10.2 Å². The molecular weight excluding hydrogens is 937 g/mol. The van der Waals surface area contributed by atoms with Gasteiger partial charge in [0.2, 0.25) is 10.6 Å². The molecule has 1 unspecified atom stereocenters. The highest BCUT2D eigenvalue weighted by molar-refractivity contribution is 7.70. The third-order valence-corrected chi connectivity index (χ3v) is 17.1. The summed E-state index contributed by atoms with van der Waals surface area (Å²) in [6.07, 6.45) is 0.0326. The summed E-state index contributed by atoms with van der Waals surface area (Å²) in [4.78, 5) is 36.5. The van der Waals surface area contributed by atoms with E-state index in [4.69, 9.17) is 37.5 Å². The summed E-state index contributed by atoms with van der Waals surface area (Å²) in [5.41, 5.74) is 7.79. The van der Waals surface area contributed by atoms with Crippen LogP contribution in [0.3, 0.4) is 0 Å². The molecule has 0 saturated heterocycles. The van der Waals surface area contributed by atoms with Gasteiger partial charge in [0.05, 0.1) is 43.1 Å². The normalized spacial score (nSPS) is 28.0. The average molecular weight is 988 g/mol. The van der Waals surface area contributed by atoms with E-state index in [9.17, 15) is 39.6 Å². The second-order valence-corrected chi connectivity index (χ2v) is 22.2. The van der Waals surface area contributed by atoms with Gasteiger partial charge in [-0.1, -0.05) is 48.5 Å². The molecule has 2 aromatic carbocycles. The molecule has 0 bridgehead atoms. The second kappa shape index (κ2) is 18.8. The van der Waals surface area contributed by atoms with Crippen LogP contribution in [0.5, 0.6) is 0 Å². The van der Waals surface area contributed by atoms with Crippen molar-refractivity contribution in [3.63, 3.8) is 0 Å². The van der Waals surface area contributed by atoms with Crippen molar-refractivity contribution in [2.24, 2.45) is 11.8 Å². The molecule has 4 heterocycles. The molecule has 4 aromatic heterocycles. The number of benzene rings is 2. The van der Waals surface area contributed by atoms with E-state index in [0.29, 0.717) is 29.3 Å². The molecule has 11 atom stereocenters. The summed E-state index contributed by atoms with van der Waals surface area (Å²) in [5, 5.41) is 67.3. The molecule has 0 amide bonds. The van der Waals surface area contributed by atoms with Crippen molar-refractivity contribution in [3.8, 4) is 0 Å². The SMILES string of the molecule is O=P(O)(O)CP(=O)(O)OC[C@H]1C[C@@H](c2ccc3c(N[C@@H]4CCc5ccccc54)nc(Cl)nn23)[C@H](O)[C@@H]1O.OC[C@H]1C[C@@H](c2ccc3c(N[C@@H]4CCc5ccccc54)nc(Cl)nn23)[C@H](O)[C@@H]1O. The Morgan fingerprint density at radius 3 is 1.56 bits per heavy atom. The molecule has 0 radical (unpaired) electrons. The zero-order valence-corrected chi connectivity index (χ0v) is 38.5. The van der Waals surface area contributed by atoms with Gasteiger partial charge in [0.1, 0.15) is 11.0 Å². The van der Waals surface area contributed by atoms with Crippen molar-refractivity contribution in [2.45, 2.75) is 86.9 Å². The van der Waals surface area contributed by atoms with Crippen molar-refractivity contribution < 1.29 is 53.9 Å². The number of aryl methyl sites for hydroxylation is 2. The van der Waals surface area contributed by atoms with Crippen molar-refractivity contribution in [1.82, 2.24) is 29.2 Å². The molecule has 352 valence electrons. The maximum atomic E-state index is 12.0. The predicted octanol–water partition coefficient (Wildman–Crippen LogP) is 4.94. The van der Waals surface area contributed by atoms with Crippen LogP contribution in [0.2, 0.25) is 10.6 Å². The highest BCUT2D eigenvalue weighted by atomic mass is 35.5. The standard InChI is InChI=1S/C22H27ClN4O8P2.C21H23ClN4O3/c23-22-25-21(24-16-6-5-12-3-1-2-4-14(12)16)18-8-7-17(27(18)26-22)15-9-13(19(28)20(15)29)10-35-37(33,34)11-36(30,31)32;22-21-24-20(23-15-6-5-11-3-1-2-4-13(11)15)17-8-7-16(26(17)25-21)14-9-12(10-27)18(28)19(14)29/h1-4,7-8,13,15-16,19-20,28-29H,5-6,9-11H2,(H,33,34)(H,24,25,26)(H2,30,31,32);1-4,7-8,12,14-15,18-19,27-29H,5-6,9-10H2,(H,23,24,25)/t13-,15+,16-,19-,20+;12-,14+,15-,18-,19+/m11/s1. The third-order valence-electron chi connectivity index (χ3n) is 13.4. The third kappa shape index (κ3) is 9.52. The summed E-state index contributed by atoms with van der Waals surface area (Å²) in [5.74, 6) is -2.22. The lowest BCUT2D eigenvalue weighted by molar-refractivity contribution is 0.00190. The van der Waals surface area contributed by atoms with Crippen LogP contribution in [0.15, 0.2) is 72.8 Å². The monoisotopic (exact) mass is 986 g/mol. The zero-order valence-electron chi connectivity index (χ0n) is 35.2. The molecule has 0 aliphatic heterocycles. The van der Waals surface area contributed by atoms with Gasteiger partial charge in [0.25, 0.3) is 0 Å². The van der Waals surface area contributed by atoms with Gasteiger partial charge < -0.3 is 55.4 Å². The van der Waals surface area contributed by atoms with E-state index in [1.807, 2.05) is 30.3 Å². The van der Waals surface area contributed by atoms with Gasteiger partial charge in [-0.2, -0.15) is 9.97 Å². The van der Waals surface area contributed by atoms with Crippen LogP contribution in [0, 0.1) is 11.8 Å². The number of rotatable bonds is 12. The van der Waals surface area contributed by atoms with Crippen LogP contribution >= 0.6 is 38.4 Å². The van der Waals surface area contributed by atoms with E-state index < -0.39 is 64.0 Å². The Labute approximate surface area is 388 Å². The van der Waals surface area contributed by atoms with Crippen molar-refractivity contribution in [3.05, 3.63) is 117 Å². The lowest BCUT2D eigenvalue weighted by Gasteiger charge is -2.19. The number of fused-ring (bicyclic) bond motifs is 4. The first-order valence-electron chi connectivity index (χ1n) is 21.6. The van der Waals surface area contributed by atoms with Crippen LogP contribution in [0.1, 0.15) is 83.2 Å². The van der Waals surface area contributed by atoms with E-state index in [2.05, 4.69) is 61.1 Å². The minimum atomic E-state index is -4.78. The summed E-state index contributed by atoms with van der Waals surface area (Å²) < 4.78 is 31.2. The fraction of sp³-hybridized carbons (Fsp3) is 0.442. The number of nitrogens with zero attached hydrogens (tertiary/aromatic N) is 6. The molecule has 6 aromatic rings. The molecule has 23 heteroatoms. The highest BCUT2D eigenvalue weighted by Crippen LogP contribution is 2.56. The van der Waals surface area contributed by atoms with Crippen LogP contribution in [-0.4, -0.2) is 113 Å². The molecule has 66 heavy (non-hydrogen) atoms. The van der Waals surface area contributed by atoms with Crippen LogP contribution < -0.4 is 10.6 Å². The van der Waals surface area contributed by atoms with E-state index >= 15 is 0 Å². The fourth-order valence-corrected chi connectivity index (χ4v) is 13.1. The van der Waals surface area contributed by atoms with E-state index in [1.165, 1.54) is 22.3 Å². The predicted molar refractivity (Wildman–Crippen MR) is 244 cm³/mol. The number of aliphatic hydroxyl groups is 5. The summed E-state index contributed by atoms with van der Waals surface area (Å²) in [6, 6.07) is 24.1. The Bertz CT molecular complexity index is 2850. The van der Waals surface area contributed by atoms with Crippen LogP contribution in [0.4, 0.5) is 11.6 Å². The minimum Gasteiger partial charge on any atom is -0.396 e. The van der Waals surface area contributed by atoms with Gasteiger partial charge in [0, 0.05) is 41.7 Å². The molecule has 10 rings (SSSR count). The van der Waals surface area contributed by atoms with Crippen LogP contribution in [0.25, 0.3) is 11.0 Å². The first kappa shape index (κ1) is 47.0. The fourth-order valence-electron chi connectivity index (χ4n) is 10.2. The minimum absolute atomic E-state index is 0.00898. The summed E-state index contributed by atoms with van der Waals surface area (Å²) in [7, 11) is -9.37. The molecule has 4 aliphatic carbocycles. The van der Waals surface area contributed by atoms with E-state index in [1.54, 1.807) is 21.2 Å². The maximum Gasteiger partial charge on any atom is 0.340 e. The number of anilines is 2. The Hall–Kier alpha value is -4.04. The number of aliphatic hydroxyl groups excluding tert-OH is 5.